The monoisotopic (exact) mass is 280 g/mol. The van der Waals surface area contributed by atoms with Gasteiger partial charge in [-0.15, -0.1) is 11.3 Å². The number of hydrogen-bond acceptors (Lipinski definition) is 4. The van der Waals surface area contributed by atoms with Gasteiger partial charge in [0.15, 0.2) is 0 Å². The van der Waals surface area contributed by atoms with Gasteiger partial charge < -0.3 is 10.1 Å². The average Bonchev–Trinajstić information content (AvgIpc) is 3.10. The van der Waals surface area contributed by atoms with Crippen molar-refractivity contribution in [1.82, 2.24) is 10.3 Å². The first kappa shape index (κ1) is 13.5. The first-order chi connectivity index (χ1) is 9.17. The van der Waals surface area contributed by atoms with Crippen molar-refractivity contribution in [3.63, 3.8) is 0 Å². The van der Waals surface area contributed by atoms with Crippen LogP contribution in [0.2, 0.25) is 0 Å². The van der Waals surface area contributed by atoms with E-state index in [-0.39, 0.29) is 5.60 Å². The van der Waals surface area contributed by atoms with Gasteiger partial charge in [-0.05, 0) is 39.5 Å². The van der Waals surface area contributed by atoms with Crippen molar-refractivity contribution in [3.05, 3.63) is 16.1 Å². The van der Waals surface area contributed by atoms with Crippen LogP contribution in [0.5, 0.6) is 0 Å². The molecule has 1 aromatic heterocycles. The quantitative estimate of drug-likeness (QED) is 0.915. The molecular weight excluding hydrogens is 256 g/mol. The molecular formula is C15H24N2OS. The summed E-state index contributed by atoms with van der Waals surface area (Å²) >= 11 is 1.74. The van der Waals surface area contributed by atoms with Crippen molar-refractivity contribution < 1.29 is 4.74 Å². The molecule has 2 aliphatic rings. The molecule has 1 aliphatic heterocycles. The number of ether oxygens (including phenoxy) is 1. The van der Waals surface area contributed by atoms with Crippen LogP contribution in [-0.2, 0) is 4.74 Å². The van der Waals surface area contributed by atoms with Gasteiger partial charge in [-0.3, -0.25) is 0 Å². The molecule has 1 aliphatic carbocycles. The lowest BCUT2D eigenvalue weighted by molar-refractivity contribution is -0.0357. The maximum absolute atomic E-state index is 6.32. The summed E-state index contributed by atoms with van der Waals surface area (Å²) in [5.74, 6) is 0. The van der Waals surface area contributed by atoms with Crippen LogP contribution < -0.4 is 5.32 Å². The Morgan fingerprint density at radius 2 is 2.26 bits per heavy atom. The normalized spacial score (nSPS) is 27.2. The first-order valence-corrected chi connectivity index (χ1v) is 8.38. The molecule has 1 N–H and O–H groups in total. The molecule has 0 radical (unpaired) electrons. The lowest BCUT2D eigenvalue weighted by Crippen LogP contribution is -2.32. The lowest BCUT2D eigenvalue weighted by atomic mass is 9.98. The summed E-state index contributed by atoms with van der Waals surface area (Å²) in [5.41, 5.74) is 1.38. The van der Waals surface area contributed by atoms with Crippen LogP contribution >= 0.6 is 11.3 Å². The summed E-state index contributed by atoms with van der Waals surface area (Å²) in [5, 5.41) is 6.89. The third-order valence-electron chi connectivity index (χ3n) is 4.51. The van der Waals surface area contributed by atoms with E-state index in [4.69, 9.17) is 4.74 Å². The van der Waals surface area contributed by atoms with Crippen LogP contribution in [0.3, 0.4) is 0 Å². The SMILES string of the molecule is Cc1csc(C(C)NCC2CCC3(CCCC3)O2)n1. The van der Waals surface area contributed by atoms with E-state index in [1.165, 1.54) is 43.5 Å². The Labute approximate surface area is 119 Å². The molecule has 1 spiro atoms. The van der Waals surface area contributed by atoms with Crippen molar-refractivity contribution in [2.75, 3.05) is 6.54 Å². The van der Waals surface area contributed by atoms with Crippen LogP contribution in [-0.4, -0.2) is 23.2 Å². The fourth-order valence-corrected chi connectivity index (χ4v) is 4.22. The minimum atomic E-state index is 0.257. The summed E-state index contributed by atoms with van der Waals surface area (Å²) in [7, 11) is 0. The van der Waals surface area contributed by atoms with Crippen molar-refractivity contribution in [3.8, 4) is 0 Å². The van der Waals surface area contributed by atoms with E-state index in [1.54, 1.807) is 11.3 Å². The predicted octanol–water partition coefficient (Wildman–Crippen LogP) is 3.59. The van der Waals surface area contributed by atoms with Crippen LogP contribution in [0.15, 0.2) is 5.38 Å². The highest BCUT2D eigenvalue weighted by atomic mass is 32.1. The van der Waals surface area contributed by atoms with Gasteiger partial charge in [0.1, 0.15) is 5.01 Å². The van der Waals surface area contributed by atoms with Gasteiger partial charge in [-0.25, -0.2) is 4.98 Å². The third-order valence-corrected chi connectivity index (χ3v) is 5.66. The molecule has 3 rings (SSSR count). The Balaban J connectivity index is 1.48. The van der Waals surface area contributed by atoms with Crippen molar-refractivity contribution in [2.24, 2.45) is 0 Å². The van der Waals surface area contributed by atoms with Gasteiger partial charge in [0.05, 0.1) is 17.7 Å². The number of aromatic nitrogens is 1. The van der Waals surface area contributed by atoms with Crippen LogP contribution in [0.25, 0.3) is 0 Å². The summed E-state index contributed by atoms with van der Waals surface area (Å²) in [6, 6.07) is 0.336. The average molecular weight is 280 g/mol. The number of thiazole rings is 1. The lowest BCUT2D eigenvalue weighted by Gasteiger charge is -2.24. The zero-order chi connectivity index (χ0) is 13.3. The molecule has 1 aromatic rings. The summed E-state index contributed by atoms with van der Waals surface area (Å²) in [4.78, 5) is 4.54. The van der Waals surface area contributed by atoms with E-state index in [0.717, 1.165) is 12.2 Å². The maximum atomic E-state index is 6.32. The largest absolute Gasteiger partial charge is 0.370 e. The molecule has 2 unspecified atom stereocenters. The molecule has 106 valence electrons. The van der Waals surface area contributed by atoms with Crippen molar-refractivity contribution in [1.29, 1.82) is 0 Å². The second-order valence-electron chi connectivity index (χ2n) is 6.13. The molecule has 0 aromatic carbocycles. The maximum Gasteiger partial charge on any atom is 0.110 e. The van der Waals surface area contributed by atoms with Gasteiger partial charge in [-0.2, -0.15) is 0 Å². The topological polar surface area (TPSA) is 34.1 Å². The van der Waals surface area contributed by atoms with Gasteiger partial charge in [-0.1, -0.05) is 12.8 Å². The number of hydrogen-bond donors (Lipinski definition) is 1. The van der Waals surface area contributed by atoms with Gasteiger partial charge in [0.2, 0.25) is 0 Å². The predicted molar refractivity (Wildman–Crippen MR) is 78.6 cm³/mol. The van der Waals surface area contributed by atoms with E-state index in [1.807, 2.05) is 0 Å². The fourth-order valence-electron chi connectivity index (χ4n) is 3.39. The minimum absolute atomic E-state index is 0.257. The first-order valence-electron chi connectivity index (χ1n) is 7.50. The number of nitrogens with zero attached hydrogens (tertiary/aromatic N) is 1. The van der Waals surface area contributed by atoms with Crippen molar-refractivity contribution >= 4 is 11.3 Å². The molecule has 2 heterocycles. The summed E-state index contributed by atoms with van der Waals surface area (Å²) in [6.45, 7) is 5.21. The van der Waals surface area contributed by atoms with Crippen molar-refractivity contribution in [2.45, 2.75) is 70.1 Å². The van der Waals surface area contributed by atoms with E-state index < -0.39 is 0 Å². The van der Waals surface area contributed by atoms with E-state index >= 15 is 0 Å². The molecule has 19 heavy (non-hydrogen) atoms. The Kier molecular flexibility index (Phi) is 3.92. The Morgan fingerprint density at radius 1 is 1.47 bits per heavy atom. The number of nitrogens with one attached hydrogen (secondary N) is 1. The number of rotatable bonds is 4. The molecule has 1 saturated carbocycles. The Hall–Kier alpha value is -0.450. The molecule has 2 atom stereocenters. The van der Waals surface area contributed by atoms with Crippen LogP contribution in [0, 0.1) is 6.92 Å². The van der Waals surface area contributed by atoms with Gasteiger partial charge >= 0.3 is 0 Å². The third kappa shape index (κ3) is 3.01. The zero-order valence-electron chi connectivity index (χ0n) is 11.9. The fraction of sp³-hybridized carbons (Fsp3) is 0.800. The second kappa shape index (κ2) is 5.51. The van der Waals surface area contributed by atoms with Gasteiger partial charge in [0, 0.05) is 17.6 Å². The smallest absolute Gasteiger partial charge is 0.110 e. The Bertz CT molecular complexity index is 426. The summed E-state index contributed by atoms with van der Waals surface area (Å²) < 4.78 is 6.32. The highest BCUT2D eigenvalue weighted by Crippen LogP contribution is 2.43. The standard InChI is InChI=1S/C15H24N2OS/c1-11-10-19-14(17-11)12(2)16-9-13-5-8-15(18-13)6-3-4-7-15/h10,12-13,16H,3-9H2,1-2H3. The van der Waals surface area contributed by atoms with E-state index in [2.05, 4.69) is 29.5 Å². The molecule has 4 heteroatoms. The van der Waals surface area contributed by atoms with Gasteiger partial charge in [0.25, 0.3) is 0 Å². The van der Waals surface area contributed by atoms with E-state index in [9.17, 15) is 0 Å². The number of aryl methyl sites for hydroxylation is 1. The highest BCUT2D eigenvalue weighted by molar-refractivity contribution is 7.09. The molecule has 1 saturated heterocycles. The second-order valence-corrected chi connectivity index (χ2v) is 7.02. The molecule has 0 amide bonds. The summed E-state index contributed by atoms with van der Waals surface area (Å²) in [6.07, 6.45) is 8.17. The Morgan fingerprint density at radius 3 is 2.95 bits per heavy atom. The highest BCUT2D eigenvalue weighted by Gasteiger charge is 2.41. The molecule has 3 nitrogen and oxygen atoms in total. The molecule has 2 fully saturated rings. The minimum Gasteiger partial charge on any atom is -0.370 e. The van der Waals surface area contributed by atoms with Crippen LogP contribution in [0.4, 0.5) is 0 Å². The van der Waals surface area contributed by atoms with E-state index in [0.29, 0.717) is 12.1 Å². The van der Waals surface area contributed by atoms with Crippen LogP contribution in [0.1, 0.15) is 62.2 Å². The zero-order valence-corrected chi connectivity index (χ0v) is 12.8. The molecule has 0 bridgehead atoms.